The number of aryl methyl sites for hydroxylation is 1. The Morgan fingerprint density at radius 1 is 1.16 bits per heavy atom. The van der Waals surface area contributed by atoms with Crippen molar-refractivity contribution in [2.45, 2.75) is 45.4 Å². The largest absolute Gasteiger partial charge is 0.352 e. The normalized spacial score (nSPS) is 18.6. The van der Waals surface area contributed by atoms with Gasteiger partial charge in [-0.25, -0.2) is 0 Å². The molecule has 1 aromatic carbocycles. The highest BCUT2D eigenvalue weighted by Gasteiger charge is 2.19. The Kier molecular flexibility index (Phi) is 5.83. The van der Waals surface area contributed by atoms with Crippen LogP contribution in [-0.2, 0) is 22.3 Å². The van der Waals surface area contributed by atoms with Crippen molar-refractivity contribution in [3.8, 4) is 0 Å². The van der Waals surface area contributed by atoms with Crippen LogP contribution in [0.2, 0.25) is 0 Å². The predicted octanol–water partition coefficient (Wildman–Crippen LogP) is 2.53. The molecule has 3 nitrogen and oxygen atoms in total. The molecular weight excluding hydrogens is 238 g/mol. The molecule has 0 spiro atoms. The van der Waals surface area contributed by atoms with Crippen molar-refractivity contribution in [1.29, 1.82) is 0 Å². The van der Waals surface area contributed by atoms with Gasteiger partial charge in [0.15, 0.2) is 6.29 Å². The Hall–Kier alpha value is -0.900. The van der Waals surface area contributed by atoms with E-state index in [2.05, 4.69) is 29.6 Å². The first kappa shape index (κ1) is 14.5. The number of rotatable bonds is 7. The highest BCUT2D eigenvalue weighted by Crippen LogP contribution is 2.20. The minimum atomic E-state index is -0.118. The molecule has 1 N–H and O–H groups in total. The minimum Gasteiger partial charge on any atom is -0.352 e. The summed E-state index contributed by atoms with van der Waals surface area (Å²) in [5.41, 5.74) is 2.99. The standard InChI is InChI=1S/C16H25NO2/c1-3-18-16(19-4-2)12-17-15-10-9-13-7-5-6-8-14(13)11-15/h5-8,15-17H,3-4,9-12H2,1-2H3. The first-order chi connectivity index (χ1) is 9.33. The smallest absolute Gasteiger partial charge is 0.169 e. The van der Waals surface area contributed by atoms with Crippen molar-refractivity contribution in [3.63, 3.8) is 0 Å². The molecule has 1 aliphatic rings. The summed E-state index contributed by atoms with van der Waals surface area (Å²) in [5.74, 6) is 0. The monoisotopic (exact) mass is 263 g/mol. The summed E-state index contributed by atoms with van der Waals surface area (Å²) in [6.45, 7) is 6.17. The first-order valence-electron chi connectivity index (χ1n) is 7.36. The number of hydrogen-bond donors (Lipinski definition) is 1. The van der Waals surface area contributed by atoms with Crippen LogP contribution in [0.25, 0.3) is 0 Å². The first-order valence-corrected chi connectivity index (χ1v) is 7.36. The minimum absolute atomic E-state index is 0.118. The van der Waals surface area contributed by atoms with Crippen molar-refractivity contribution in [2.24, 2.45) is 0 Å². The lowest BCUT2D eigenvalue weighted by atomic mass is 9.88. The quantitative estimate of drug-likeness (QED) is 0.767. The van der Waals surface area contributed by atoms with E-state index < -0.39 is 0 Å². The van der Waals surface area contributed by atoms with E-state index in [0.29, 0.717) is 19.3 Å². The van der Waals surface area contributed by atoms with Gasteiger partial charge in [-0.2, -0.15) is 0 Å². The van der Waals surface area contributed by atoms with E-state index >= 15 is 0 Å². The lowest BCUT2D eigenvalue weighted by molar-refractivity contribution is -0.133. The van der Waals surface area contributed by atoms with E-state index in [1.165, 1.54) is 24.0 Å². The van der Waals surface area contributed by atoms with Gasteiger partial charge >= 0.3 is 0 Å². The fourth-order valence-electron chi connectivity index (χ4n) is 2.67. The van der Waals surface area contributed by atoms with Crippen LogP contribution in [-0.4, -0.2) is 32.1 Å². The summed E-state index contributed by atoms with van der Waals surface area (Å²) < 4.78 is 11.1. The zero-order valence-electron chi connectivity index (χ0n) is 12.0. The summed E-state index contributed by atoms with van der Waals surface area (Å²) >= 11 is 0. The van der Waals surface area contributed by atoms with Crippen molar-refractivity contribution in [2.75, 3.05) is 19.8 Å². The lowest BCUT2D eigenvalue weighted by Gasteiger charge is -2.27. The Bertz CT molecular complexity index is 375. The Morgan fingerprint density at radius 3 is 2.53 bits per heavy atom. The van der Waals surface area contributed by atoms with Crippen LogP contribution in [0.3, 0.4) is 0 Å². The highest BCUT2D eigenvalue weighted by molar-refractivity contribution is 5.30. The van der Waals surface area contributed by atoms with Crippen LogP contribution >= 0.6 is 0 Å². The van der Waals surface area contributed by atoms with E-state index in [1.807, 2.05) is 13.8 Å². The van der Waals surface area contributed by atoms with Gasteiger partial charge in [-0.1, -0.05) is 24.3 Å². The molecule has 0 heterocycles. The van der Waals surface area contributed by atoms with Gasteiger partial charge in [-0.05, 0) is 44.2 Å². The Labute approximate surface area is 116 Å². The van der Waals surface area contributed by atoms with Crippen LogP contribution in [0, 0.1) is 0 Å². The zero-order chi connectivity index (χ0) is 13.5. The summed E-state index contributed by atoms with van der Waals surface area (Å²) in [5, 5.41) is 3.58. The van der Waals surface area contributed by atoms with E-state index in [-0.39, 0.29) is 6.29 Å². The number of fused-ring (bicyclic) bond motifs is 1. The van der Waals surface area contributed by atoms with Gasteiger partial charge in [-0.15, -0.1) is 0 Å². The third-order valence-corrected chi connectivity index (χ3v) is 3.63. The third kappa shape index (κ3) is 4.30. The summed E-state index contributed by atoms with van der Waals surface area (Å²) in [7, 11) is 0. The van der Waals surface area contributed by atoms with Crippen molar-refractivity contribution in [3.05, 3.63) is 35.4 Å². The van der Waals surface area contributed by atoms with Crippen LogP contribution < -0.4 is 5.32 Å². The van der Waals surface area contributed by atoms with Gasteiger partial charge in [0.25, 0.3) is 0 Å². The van der Waals surface area contributed by atoms with E-state index in [1.54, 1.807) is 0 Å². The maximum Gasteiger partial charge on any atom is 0.169 e. The second-order valence-electron chi connectivity index (χ2n) is 4.96. The average molecular weight is 263 g/mol. The molecule has 0 bridgehead atoms. The maximum atomic E-state index is 5.56. The van der Waals surface area contributed by atoms with E-state index in [9.17, 15) is 0 Å². The number of nitrogens with one attached hydrogen (secondary N) is 1. The molecule has 1 atom stereocenters. The fourth-order valence-corrected chi connectivity index (χ4v) is 2.67. The molecule has 0 aromatic heterocycles. The molecule has 3 heteroatoms. The van der Waals surface area contributed by atoms with Gasteiger partial charge in [0.05, 0.1) is 0 Å². The van der Waals surface area contributed by atoms with Crippen molar-refractivity contribution in [1.82, 2.24) is 5.32 Å². The van der Waals surface area contributed by atoms with Crippen molar-refractivity contribution < 1.29 is 9.47 Å². The molecule has 0 saturated carbocycles. The molecule has 0 aliphatic heterocycles. The topological polar surface area (TPSA) is 30.5 Å². The second kappa shape index (κ2) is 7.63. The van der Waals surface area contributed by atoms with Crippen LogP contribution in [0.15, 0.2) is 24.3 Å². The van der Waals surface area contributed by atoms with Gasteiger partial charge in [0.2, 0.25) is 0 Å². The SMILES string of the molecule is CCOC(CNC1CCc2ccccc2C1)OCC. The molecule has 106 valence electrons. The lowest BCUT2D eigenvalue weighted by Crippen LogP contribution is -2.41. The third-order valence-electron chi connectivity index (χ3n) is 3.63. The molecule has 0 fully saturated rings. The second-order valence-corrected chi connectivity index (χ2v) is 4.96. The van der Waals surface area contributed by atoms with Crippen LogP contribution in [0.1, 0.15) is 31.4 Å². The Balaban J connectivity index is 1.81. The van der Waals surface area contributed by atoms with Crippen molar-refractivity contribution >= 4 is 0 Å². The molecule has 0 amide bonds. The molecule has 1 aromatic rings. The molecule has 0 saturated heterocycles. The zero-order valence-corrected chi connectivity index (χ0v) is 12.0. The number of ether oxygens (including phenoxy) is 2. The van der Waals surface area contributed by atoms with Gasteiger partial charge in [0, 0.05) is 25.8 Å². The predicted molar refractivity (Wildman–Crippen MR) is 77.3 cm³/mol. The van der Waals surface area contributed by atoms with Gasteiger partial charge in [-0.3, -0.25) is 0 Å². The molecular formula is C16H25NO2. The summed E-state index contributed by atoms with van der Waals surface area (Å²) in [4.78, 5) is 0. The molecule has 2 rings (SSSR count). The fraction of sp³-hybridized carbons (Fsp3) is 0.625. The van der Waals surface area contributed by atoms with Crippen LogP contribution in [0.5, 0.6) is 0 Å². The van der Waals surface area contributed by atoms with Crippen LogP contribution in [0.4, 0.5) is 0 Å². The molecule has 19 heavy (non-hydrogen) atoms. The number of hydrogen-bond acceptors (Lipinski definition) is 3. The molecule has 1 aliphatic carbocycles. The molecule has 1 unspecified atom stereocenters. The highest BCUT2D eigenvalue weighted by atomic mass is 16.7. The summed E-state index contributed by atoms with van der Waals surface area (Å²) in [6.07, 6.45) is 3.36. The molecule has 0 radical (unpaired) electrons. The number of benzene rings is 1. The average Bonchev–Trinajstić information content (AvgIpc) is 2.45. The Morgan fingerprint density at radius 2 is 1.84 bits per heavy atom. The van der Waals surface area contributed by atoms with Gasteiger partial charge in [0.1, 0.15) is 0 Å². The maximum absolute atomic E-state index is 5.56. The van der Waals surface area contributed by atoms with E-state index in [4.69, 9.17) is 9.47 Å². The van der Waals surface area contributed by atoms with Gasteiger partial charge < -0.3 is 14.8 Å². The van der Waals surface area contributed by atoms with E-state index in [0.717, 1.165) is 13.0 Å². The summed E-state index contributed by atoms with van der Waals surface area (Å²) in [6, 6.07) is 9.29.